The molecule has 0 saturated carbocycles. The molecule has 0 spiro atoms. The molecular formula is C18H30OS. The average molecular weight is 295 g/mol. The fourth-order valence-electron chi connectivity index (χ4n) is 2.81. The third kappa shape index (κ3) is 5.40. The molecule has 0 aromatic heterocycles. The van der Waals surface area contributed by atoms with Crippen LogP contribution in [0, 0.1) is 5.41 Å². The largest absolute Gasteiger partial charge is 0.492 e. The van der Waals surface area contributed by atoms with E-state index < -0.39 is 0 Å². The smallest absolute Gasteiger partial charge is 0.132 e. The van der Waals surface area contributed by atoms with Crippen LogP contribution in [0.2, 0.25) is 0 Å². The predicted octanol–water partition coefficient (Wildman–Crippen LogP) is 5.87. The van der Waals surface area contributed by atoms with Crippen molar-refractivity contribution >= 4 is 12.6 Å². The monoisotopic (exact) mass is 294 g/mol. The summed E-state index contributed by atoms with van der Waals surface area (Å²) in [6, 6.07) is 6.41. The molecule has 0 aliphatic rings. The molecule has 20 heavy (non-hydrogen) atoms. The molecule has 0 fully saturated rings. The maximum atomic E-state index is 5.87. The van der Waals surface area contributed by atoms with Crippen molar-refractivity contribution < 1.29 is 4.74 Å². The van der Waals surface area contributed by atoms with E-state index in [2.05, 4.69) is 72.4 Å². The molecule has 1 aromatic carbocycles. The maximum Gasteiger partial charge on any atom is 0.132 e. The quantitative estimate of drug-likeness (QED) is 0.510. The Labute approximate surface area is 130 Å². The number of unbranched alkanes of at least 4 members (excludes halogenated alkanes) is 1. The number of thiol groups is 1. The number of rotatable bonds is 6. The van der Waals surface area contributed by atoms with Gasteiger partial charge in [0.15, 0.2) is 0 Å². The predicted molar refractivity (Wildman–Crippen MR) is 91.2 cm³/mol. The first kappa shape index (κ1) is 17.4. The first-order valence-electron chi connectivity index (χ1n) is 7.62. The van der Waals surface area contributed by atoms with E-state index >= 15 is 0 Å². The molecule has 114 valence electrons. The molecule has 0 atom stereocenters. The van der Waals surface area contributed by atoms with Crippen LogP contribution in [0.15, 0.2) is 23.1 Å². The van der Waals surface area contributed by atoms with Crippen molar-refractivity contribution in [1.29, 1.82) is 0 Å². The Morgan fingerprint density at radius 1 is 1.10 bits per heavy atom. The fourth-order valence-corrected chi connectivity index (χ4v) is 3.01. The Bertz CT molecular complexity index is 430. The van der Waals surface area contributed by atoms with Gasteiger partial charge in [-0.05, 0) is 41.4 Å². The van der Waals surface area contributed by atoms with E-state index in [1.54, 1.807) is 0 Å². The first-order chi connectivity index (χ1) is 9.15. The number of benzene rings is 1. The lowest BCUT2D eigenvalue weighted by atomic mass is 9.72. The normalized spacial score (nSPS) is 12.6. The van der Waals surface area contributed by atoms with Crippen molar-refractivity contribution in [3.05, 3.63) is 23.8 Å². The minimum atomic E-state index is 0.141. The summed E-state index contributed by atoms with van der Waals surface area (Å²) in [5.41, 5.74) is 1.78. The highest BCUT2D eigenvalue weighted by Gasteiger charge is 2.27. The summed E-state index contributed by atoms with van der Waals surface area (Å²) in [5, 5.41) is 0. The van der Waals surface area contributed by atoms with E-state index in [1.165, 1.54) is 5.56 Å². The molecule has 0 radical (unpaired) electrons. The van der Waals surface area contributed by atoms with Crippen LogP contribution in [-0.2, 0) is 5.41 Å². The molecule has 0 N–H and O–H groups in total. The third-order valence-corrected chi connectivity index (χ3v) is 3.84. The van der Waals surface area contributed by atoms with E-state index in [9.17, 15) is 0 Å². The van der Waals surface area contributed by atoms with Crippen molar-refractivity contribution in [3.63, 3.8) is 0 Å². The van der Waals surface area contributed by atoms with Gasteiger partial charge in [-0.25, -0.2) is 0 Å². The van der Waals surface area contributed by atoms with Crippen molar-refractivity contribution in [3.8, 4) is 5.75 Å². The summed E-state index contributed by atoms with van der Waals surface area (Å²) in [4.78, 5) is 0.927. The van der Waals surface area contributed by atoms with Crippen LogP contribution >= 0.6 is 12.6 Å². The van der Waals surface area contributed by atoms with Gasteiger partial charge in [0, 0.05) is 4.90 Å². The molecule has 0 bridgehead atoms. The molecule has 1 nitrogen and oxygen atoms in total. The van der Waals surface area contributed by atoms with Crippen LogP contribution in [0.4, 0.5) is 0 Å². The van der Waals surface area contributed by atoms with E-state index in [0.717, 1.165) is 36.5 Å². The van der Waals surface area contributed by atoms with Gasteiger partial charge in [-0.15, -0.1) is 12.6 Å². The summed E-state index contributed by atoms with van der Waals surface area (Å²) in [6.07, 6.45) is 3.38. The fraction of sp³-hybridized carbons (Fsp3) is 0.667. The third-order valence-electron chi connectivity index (χ3n) is 3.47. The minimum absolute atomic E-state index is 0.141. The van der Waals surface area contributed by atoms with Gasteiger partial charge >= 0.3 is 0 Å². The Morgan fingerprint density at radius 3 is 2.30 bits per heavy atom. The summed E-state index contributed by atoms with van der Waals surface area (Å²) in [5.74, 6) is 0.918. The topological polar surface area (TPSA) is 9.23 Å². The van der Waals surface area contributed by atoms with E-state index in [0.29, 0.717) is 5.41 Å². The molecule has 0 aliphatic heterocycles. The van der Waals surface area contributed by atoms with Crippen LogP contribution in [-0.4, -0.2) is 6.61 Å². The van der Waals surface area contributed by atoms with Crippen LogP contribution < -0.4 is 4.74 Å². The zero-order valence-corrected chi connectivity index (χ0v) is 14.8. The van der Waals surface area contributed by atoms with Crippen LogP contribution in [0.1, 0.15) is 66.4 Å². The van der Waals surface area contributed by atoms with Crippen molar-refractivity contribution in [2.24, 2.45) is 5.41 Å². The highest BCUT2D eigenvalue weighted by molar-refractivity contribution is 7.80. The van der Waals surface area contributed by atoms with Crippen LogP contribution in [0.3, 0.4) is 0 Å². The van der Waals surface area contributed by atoms with E-state index in [-0.39, 0.29) is 5.41 Å². The highest BCUT2D eigenvalue weighted by atomic mass is 32.1. The van der Waals surface area contributed by atoms with Gasteiger partial charge in [0.1, 0.15) is 5.75 Å². The van der Waals surface area contributed by atoms with Crippen LogP contribution in [0.5, 0.6) is 5.75 Å². The van der Waals surface area contributed by atoms with Gasteiger partial charge in [0.05, 0.1) is 6.61 Å². The summed E-state index contributed by atoms with van der Waals surface area (Å²) in [6.45, 7) is 14.4. The Morgan fingerprint density at radius 2 is 1.75 bits per heavy atom. The Kier molecular flexibility index (Phi) is 6.00. The van der Waals surface area contributed by atoms with E-state index in [4.69, 9.17) is 4.74 Å². The summed E-state index contributed by atoms with van der Waals surface area (Å²) < 4.78 is 5.87. The second-order valence-electron chi connectivity index (χ2n) is 7.51. The molecular weight excluding hydrogens is 264 g/mol. The number of hydrogen-bond donors (Lipinski definition) is 1. The standard InChI is InChI=1S/C18H30OS/c1-7-8-11-19-15-12-14(9-10-16(15)20)18(5,6)13-17(2,3)4/h9-10,12,20H,7-8,11,13H2,1-6H3. The number of ether oxygens (including phenoxy) is 1. The van der Waals surface area contributed by atoms with Gasteiger partial charge in [0.2, 0.25) is 0 Å². The minimum Gasteiger partial charge on any atom is -0.492 e. The van der Waals surface area contributed by atoms with Crippen molar-refractivity contribution in [2.45, 2.75) is 71.1 Å². The maximum absolute atomic E-state index is 5.87. The second-order valence-corrected chi connectivity index (χ2v) is 7.99. The lowest BCUT2D eigenvalue weighted by Crippen LogP contribution is -2.24. The molecule has 0 aliphatic carbocycles. The zero-order chi connectivity index (χ0) is 15.4. The van der Waals surface area contributed by atoms with Crippen LogP contribution in [0.25, 0.3) is 0 Å². The summed E-state index contributed by atoms with van der Waals surface area (Å²) in [7, 11) is 0. The summed E-state index contributed by atoms with van der Waals surface area (Å²) >= 11 is 4.50. The molecule has 2 heteroatoms. The molecule has 0 saturated heterocycles. The van der Waals surface area contributed by atoms with E-state index in [1.807, 2.05) is 0 Å². The van der Waals surface area contributed by atoms with Gasteiger partial charge in [-0.1, -0.05) is 54.0 Å². The first-order valence-corrected chi connectivity index (χ1v) is 8.07. The lowest BCUT2D eigenvalue weighted by molar-refractivity contribution is 0.279. The average Bonchev–Trinajstić information content (AvgIpc) is 2.28. The second kappa shape index (κ2) is 6.89. The number of hydrogen-bond acceptors (Lipinski definition) is 2. The Hall–Kier alpha value is -0.630. The SMILES string of the molecule is CCCCOc1cc(C(C)(C)CC(C)(C)C)ccc1S. The van der Waals surface area contributed by atoms with Crippen molar-refractivity contribution in [2.75, 3.05) is 6.61 Å². The lowest BCUT2D eigenvalue weighted by Gasteiger charge is -2.33. The highest BCUT2D eigenvalue weighted by Crippen LogP contribution is 2.38. The zero-order valence-electron chi connectivity index (χ0n) is 13.9. The van der Waals surface area contributed by atoms with Crippen molar-refractivity contribution in [1.82, 2.24) is 0 Å². The van der Waals surface area contributed by atoms with Gasteiger partial charge in [-0.2, -0.15) is 0 Å². The van der Waals surface area contributed by atoms with Gasteiger partial charge < -0.3 is 4.74 Å². The molecule has 0 heterocycles. The molecule has 0 amide bonds. The molecule has 1 rings (SSSR count). The Balaban J connectivity index is 2.93. The van der Waals surface area contributed by atoms with Gasteiger partial charge in [-0.3, -0.25) is 0 Å². The molecule has 1 aromatic rings. The van der Waals surface area contributed by atoms with Gasteiger partial charge in [0.25, 0.3) is 0 Å². The molecule has 0 unspecified atom stereocenters.